The number of amides is 3. The predicted molar refractivity (Wildman–Crippen MR) is 123 cm³/mol. The van der Waals surface area contributed by atoms with Gasteiger partial charge < -0.3 is 10.6 Å². The molecule has 1 saturated heterocycles. The molecule has 3 amide bonds. The van der Waals surface area contributed by atoms with Crippen LogP contribution >= 0.6 is 0 Å². The molecule has 2 aliphatic heterocycles. The molecule has 1 saturated carbocycles. The third-order valence-electron chi connectivity index (χ3n) is 7.02. The molecule has 0 bridgehead atoms. The van der Waals surface area contributed by atoms with Gasteiger partial charge in [0.25, 0.3) is 23.3 Å². The molecular weight excluding hydrogens is 422 g/mol. The summed E-state index contributed by atoms with van der Waals surface area (Å²) in [5.74, 6) is -1.39. The van der Waals surface area contributed by atoms with Crippen molar-refractivity contribution in [2.75, 3.05) is 31.9 Å². The molecular formula is C24H27N5O4. The molecule has 1 aromatic heterocycles. The maximum Gasteiger partial charge on any atom is 0.262 e. The molecule has 9 nitrogen and oxygen atoms in total. The van der Waals surface area contributed by atoms with Crippen molar-refractivity contribution in [3.63, 3.8) is 0 Å². The highest BCUT2D eigenvalue weighted by Gasteiger charge is 2.32. The maximum atomic E-state index is 13.0. The van der Waals surface area contributed by atoms with Crippen LogP contribution in [-0.2, 0) is 0 Å². The van der Waals surface area contributed by atoms with Crippen LogP contribution in [0.25, 0.3) is 5.69 Å². The van der Waals surface area contributed by atoms with E-state index in [-0.39, 0.29) is 22.9 Å². The Morgan fingerprint density at radius 3 is 2.24 bits per heavy atom. The smallest absolute Gasteiger partial charge is 0.262 e. The number of aromatic nitrogens is 1. The first-order chi connectivity index (χ1) is 15.9. The molecule has 0 atom stereocenters. The van der Waals surface area contributed by atoms with Crippen molar-refractivity contribution in [1.82, 2.24) is 19.7 Å². The molecule has 9 heteroatoms. The van der Waals surface area contributed by atoms with E-state index in [9.17, 15) is 19.2 Å². The second-order valence-electron chi connectivity index (χ2n) is 8.94. The van der Waals surface area contributed by atoms with Gasteiger partial charge in [0, 0.05) is 43.9 Å². The number of benzene rings is 1. The fraction of sp³-hybridized carbons (Fsp3) is 0.417. The van der Waals surface area contributed by atoms with Crippen molar-refractivity contribution < 1.29 is 14.4 Å². The van der Waals surface area contributed by atoms with Gasteiger partial charge >= 0.3 is 0 Å². The Bertz CT molecular complexity index is 1170. The van der Waals surface area contributed by atoms with Crippen molar-refractivity contribution in [1.29, 1.82) is 0 Å². The number of anilines is 1. The Morgan fingerprint density at radius 2 is 1.58 bits per heavy atom. The first-order valence-electron chi connectivity index (χ1n) is 11.5. The van der Waals surface area contributed by atoms with Crippen LogP contribution in [0.1, 0.15) is 63.2 Å². The second-order valence-corrected chi connectivity index (χ2v) is 8.94. The van der Waals surface area contributed by atoms with Crippen LogP contribution in [0.5, 0.6) is 0 Å². The highest BCUT2D eigenvalue weighted by atomic mass is 16.2. The van der Waals surface area contributed by atoms with Gasteiger partial charge in [0.2, 0.25) is 0 Å². The van der Waals surface area contributed by atoms with E-state index >= 15 is 0 Å². The average Bonchev–Trinajstić information content (AvgIpc) is 3.12. The van der Waals surface area contributed by atoms with Crippen LogP contribution in [0.2, 0.25) is 0 Å². The number of nitrogens with one attached hydrogen (secondary N) is 1. The summed E-state index contributed by atoms with van der Waals surface area (Å²) in [7, 11) is 0. The van der Waals surface area contributed by atoms with E-state index in [0.717, 1.165) is 19.2 Å². The van der Waals surface area contributed by atoms with E-state index in [0.29, 0.717) is 30.4 Å². The Morgan fingerprint density at radius 1 is 0.909 bits per heavy atom. The third kappa shape index (κ3) is 3.82. The van der Waals surface area contributed by atoms with E-state index in [1.54, 1.807) is 24.3 Å². The van der Waals surface area contributed by atoms with Crippen molar-refractivity contribution in [3.8, 4) is 5.69 Å². The Kier molecular flexibility index (Phi) is 5.49. The van der Waals surface area contributed by atoms with Gasteiger partial charge in [-0.15, -0.1) is 0 Å². The molecule has 2 fully saturated rings. The lowest BCUT2D eigenvalue weighted by atomic mass is 9.94. The van der Waals surface area contributed by atoms with Crippen molar-refractivity contribution >= 4 is 23.5 Å². The summed E-state index contributed by atoms with van der Waals surface area (Å²) in [6, 6.07) is 8.35. The molecule has 3 aliphatic rings. The molecule has 3 N–H and O–H groups in total. The van der Waals surface area contributed by atoms with Gasteiger partial charge in [-0.3, -0.25) is 34.0 Å². The molecule has 172 valence electrons. The normalized spacial score (nSPS) is 19.5. The number of nitrogen functional groups attached to an aromatic ring is 1. The van der Waals surface area contributed by atoms with E-state index in [2.05, 4.69) is 10.2 Å². The molecule has 1 aromatic carbocycles. The highest BCUT2D eigenvalue weighted by Crippen LogP contribution is 2.25. The summed E-state index contributed by atoms with van der Waals surface area (Å²) >= 11 is 0. The second kappa shape index (κ2) is 8.47. The molecule has 33 heavy (non-hydrogen) atoms. The number of hydrogen-bond donors (Lipinski definition) is 2. The number of carbonyl (C=O) groups is 3. The minimum atomic E-state index is -0.629. The number of imide groups is 1. The number of carbonyl (C=O) groups excluding carboxylic acids is 3. The first kappa shape index (κ1) is 21.4. The summed E-state index contributed by atoms with van der Waals surface area (Å²) in [6.07, 6.45) is 6.45. The van der Waals surface area contributed by atoms with E-state index in [1.807, 2.05) is 4.90 Å². The minimum absolute atomic E-state index is 0.00408. The lowest BCUT2D eigenvalue weighted by Gasteiger charge is -2.40. The Labute approximate surface area is 191 Å². The van der Waals surface area contributed by atoms with Crippen LogP contribution in [-0.4, -0.2) is 64.3 Å². The standard InChI is InChI=1S/C24H27N5O4/c25-21-20-18(22(31)26-23(20)32)14-19(30)29(21)17-8-6-15(7-9-17)24(33)28-12-10-27(11-13-28)16-4-2-1-3-5-16/h6-9,14,16H,1-5,10-13,25H2,(H,26,31,32). The highest BCUT2D eigenvalue weighted by molar-refractivity contribution is 6.23. The van der Waals surface area contributed by atoms with Gasteiger partial charge in [0.15, 0.2) is 0 Å². The van der Waals surface area contributed by atoms with Crippen LogP contribution in [0.4, 0.5) is 5.82 Å². The summed E-state index contributed by atoms with van der Waals surface area (Å²) in [4.78, 5) is 53.9. The quantitative estimate of drug-likeness (QED) is 0.684. The van der Waals surface area contributed by atoms with Crippen LogP contribution in [0.15, 0.2) is 35.1 Å². The average molecular weight is 450 g/mol. The number of pyridine rings is 1. The van der Waals surface area contributed by atoms with E-state index in [4.69, 9.17) is 5.73 Å². The topological polar surface area (TPSA) is 118 Å². The number of nitrogens with two attached hydrogens (primary N) is 1. The zero-order valence-corrected chi connectivity index (χ0v) is 18.4. The lowest BCUT2D eigenvalue weighted by Crippen LogP contribution is -2.52. The zero-order valence-electron chi connectivity index (χ0n) is 18.4. The zero-order chi connectivity index (χ0) is 23.1. The largest absolute Gasteiger partial charge is 0.384 e. The van der Waals surface area contributed by atoms with Crippen molar-refractivity contribution in [2.24, 2.45) is 0 Å². The summed E-state index contributed by atoms with van der Waals surface area (Å²) < 4.78 is 1.17. The van der Waals surface area contributed by atoms with E-state index < -0.39 is 17.4 Å². The van der Waals surface area contributed by atoms with E-state index in [1.165, 1.54) is 36.7 Å². The number of piperazine rings is 1. The molecule has 0 unspecified atom stereocenters. The van der Waals surface area contributed by atoms with Crippen molar-refractivity contribution in [3.05, 3.63) is 57.4 Å². The fourth-order valence-corrected chi connectivity index (χ4v) is 5.22. The number of rotatable bonds is 3. The van der Waals surface area contributed by atoms with Crippen LogP contribution in [0.3, 0.4) is 0 Å². The lowest BCUT2D eigenvalue weighted by molar-refractivity contribution is 0.0523. The van der Waals surface area contributed by atoms with Crippen LogP contribution < -0.4 is 16.6 Å². The Hall–Kier alpha value is -3.46. The molecule has 1 aliphatic carbocycles. The minimum Gasteiger partial charge on any atom is -0.384 e. The molecule has 5 rings (SSSR count). The number of nitrogens with zero attached hydrogens (tertiary/aromatic N) is 3. The molecule has 0 spiro atoms. The fourth-order valence-electron chi connectivity index (χ4n) is 5.22. The maximum absolute atomic E-state index is 13.0. The molecule has 2 aromatic rings. The summed E-state index contributed by atoms with van der Waals surface area (Å²) in [5, 5.41) is 2.15. The third-order valence-corrected chi connectivity index (χ3v) is 7.02. The molecule has 0 radical (unpaired) electrons. The molecule has 3 heterocycles. The monoisotopic (exact) mass is 449 g/mol. The van der Waals surface area contributed by atoms with Crippen molar-refractivity contribution in [2.45, 2.75) is 38.1 Å². The summed E-state index contributed by atoms with van der Waals surface area (Å²) in [5.41, 5.74) is 6.50. The van der Waals surface area contributed by atoms with Gasteiger partial charge in [-0.1, -0.05) is 19.3 Å². The van der Waals surface area contributed by atoms with Gasteiger partial charge in [-0.25, -0.2) is 0 Å². The number of fused-ring (bicyclic) bond motifs is 1. The van der Waals surface area contributed by atoms with Gasteiger partial charge in [-0.2, -0.15) is 0 Å². The van der Waals surface area contributed by atoms with Gasteiger partial charge in [0.05, 0.1) is 16.8 Å². The summed E-state index contributed by atoms with van der Waals surface area (Å²) in [6.45, 7) is 3.21. The number of hydrogen-bond acceptors (Lipinski definition) is 6. The Balaban J connectivity index is 1.31. The predicted octanol–water partition coefficient (Wildman–Crippen LogP) is 1.39. The van der Waals surface area contributed by atoms with Crippen LogP contribution in [0, 0.1) is 0 Å². The first-order valence-corrected chi connectivity index (χ1v) is 11.5. The van der Waals surface area contributed by atoms with Gasteiger partial charge in [0.1, 0.15) is 5.82 Å². The van der Waals surface area contributed by atoms with Gasteiger partial charge in [-0.05, 0) is 37.1 Å². The SMILES string of the molecule is Nc1c2c(cc(=O)n1-c1ccc(C(=O)N3CCN(C4CCCCC4)CC3)cc1)C(=O)NC2=O.